The number of amides is 2. The zero-order valence-corrected chi connectivity index (χ0v) is 17.8. The quantitative estimate of drug-likeness (QED) is 0.692. The van der Waals surface area contributed by atoms with Crippen LogP contribution in [0.5, 0.6) is 0 Å². The molecule has 3 heterocycles. The Hall–Kier alpha value is -2.06. The van der Waals surface area contributed by atoms with E-state index < -0.39 is 0 Å². The van der Waals surface area contributed by atoms with Crippen molar-refractivity contribution in [3.05, 3.63) is 24.3 Å². The third-order valence-corrected chi connectivity index (χ3v) is 6.77. The second-order valence-corrected chi connectivity index (χ2v) is 8.85. The third kappa shape index (κ3) is 5.35. The van der Waals surface area contributed by atoms with Crippen LogP contribution in [0.2, 0.25) is 0 Å². The van der Waals surface area contributed by atoms with E-state index >= 15 is 0 Å². The minimum atomic E-state index is -0.185. The van der Waals surface area contributed by atoms with Crippen molar-refractivity contribution in [3.63, 3.8) is 0 Å². The fraction of sp³-hybridized carbons (Fsp3) is 0.727. The van der Waals surface area contributed by atoms with Gasteiger partial charge in [-0.05, 0) is 44.4 Å². The number of nitrogens with zero attached hydrogens (tertiary/aromatic N) is 4. The standard InChI is InChI=1S/C22H33N5O3/c1-30-19-6-10-26(11-7-19)21(28)12-17-4-5-18(27(17)15-16-2-3-16)13-25-22(29)20-14-23-8-9-24-20/h8-9,14,16-19H,2-7,10-13,15H2,1H3,(H,25,29)/t17-,18+/m1/s1. The minimum absolute atomic E-state index is 0.185. The molecule has 1 aromatic rings. The van der Waals surface area contributed by atoms with Gasteiger partial charge >= 0.3 is 0 Å². The lowest BCUT2D eigenvalue weighted by Gasteiger charge is -2.34. The Labute approximate surface area is 178 Å². The summed E-state index contributed by atoms with van der Waals surface area (Å²) in [7, 11) is 1.75. The predicted octanol–water partition coefficient (Wildman–Crippen LogP) is 1.48. The van der Waals surface area contributed by atoms with Crippen molar-refractivity contribution in [3.8, 4) is 0 Å². The van der Waals surface area contributed by atoms with Crippen molar-refractivity contribution < 1.29 is 14.3 Å². The van der Waals surface area contributed by atoms with Crippen molar-refractivity contribution in [2.24, 2.45) is 5.92 Å². The van der Waals surface area contributed by atoms with Gasteiger partial charge in [0.1, 0.15) is 5.69 Å². The van der Waals surface area contributed by atoms with Crippen LogP contribution in [0.4, 0.5) is 0 Å². The normalized spacial score (nSPS) is 25.4. The van der Waals surface area contributed by atoms with Crippen LogP contribution in [0.15, 0.2) is 18.6 Å². The number of aromatic nitrogens is 2. The number of carbonyl (C=O) groups is 2. The summed E-state index contributed by atoms with van der Waals surface area (Å²) < 4.78 is 5.42. The topological polar surface area (TPSA) is 87.7 Å². The maximum absolute atomic E-state index is 12.9. The first kappa shape index (κ1) is 21.2. The lowest BCUT2D eigenvalue weighted by molar-refractivity contribution is -0.134. The van der Waals surface area contributed by atoms with Crippen molar-refractivity contribution >= 4 is 11.8 Å². The number of hydrogen-bond donors (Lipinski definition) is 1. The van der Waals surface area contributed by atoms with Crippen LogP contribution in [-0.4, -0.2) is 83.1 Å². The van der Waals surface area contributed by atoms with E-state index in [9.17, 15) is 9.59 Å². The molecule has 0 unspecified atom stereocenters. The highest BCUT2D eigenvalue weighted by molar-refractivity contribution is 5.91. The number of methoxy groups -OCH3 is 1. The summed E-state index contributed by atoms with van der Waals surface area (Å²) in [5, 5.41) is 3.02. The molecule has 2 amide bonds. The van der Waals surface area contributed by atoms with Crippen LogP contribution < -0.4 is 5.32 Å². The molecule has 1 aliphatic carbocycles. The number of piperidine rings is 1. The van der Waals surface area contributed by atoms with Gasteiger partial charge in [0, 0.05) is 64.2 Å². The van der Waals surface area contributed by atoms with E-state index in [-0.39, 0.29) is 30.0 Å². The van der Waals surface area contributed by atoms with Crippen LogP contribution >= 0.6 is 0 Å². The number of hydrogen-bond acceptors (Lipinski definition) is 6. The third-order valence-electron chi connectivity index (χ3n) is 6.77. The molecule has 3 fully saturated rings. The van der Waals surface area contributed by atoms with Gasteiger partial charge in [-0.15, -0.1) is 0 Å². The lowest BCUT2D eigenvalue weighted by atomic mass is 10.1. The molecule has 2 atom stereocenters. The van der Waals surface area contributed by atoms with E-state index in [4.69, 9.17) is 4.74 Å². The zero-order valence-electron chi connectivity index (χ0n) is 17.8. The maximum Gasteiger partial charge on any atom is 0.271 e. The number of carbonyl (C=O) groups excluding carboxylic acids is 2. The van der Waals surface area contributed by atoms with E-state index in [2.05, 4.69) is 20.2 Å². The maximum atomic E-state index is 12.9. The highest BCUT2D eigenvalue weighted by Gasteiger charge is 2.39. The van der Waals surface area contributed by atoms with E-state index in [1.807, 2.05) is 4.90 Å². The zero-order chi connectivity index (χ0) is 20.9. The van der Waals surface area contributed by atoms with Gasteiger partial charge < -0.3 is 15.0 Å². The van der Waals surface area contributed by atoms with Gasteiger partial charge in [-0.1, -0.05) is 0 Å². The largest absolute Gasteiger partial charge is 0.381 e. The van der Waals surface area contributed by atoms with Gasteiger partial charge in [-0.3, -0.25) is 19.5 Å². The summed E-state index contributed by atoms with van der Waals surface area (Å²) in [6, 6.07) is 0.555. The number of ether oxygens (including phenoxy) is 1. The van der Waals surface area contributed by atoms with Crippen LogP contribution in [0.1, 0.15) is 55.4 Å². The van der Waals surface area contributed by atoms with Gasteiger partial charge in [-0.25, -0.2) is 4.98 Å². The van der Waals surface area contributed by atoms with Crippen LogP contribution in [-0.2, 0) is 9.53 Å². The summed E-state index contributed by atoms with van der Waals surface area (Å²) in [5.41, 5.74) is 0.343. The monoisotopic (exact) mass is 415 g/mol. The highest BCUT2D eigenvalue weighted by Crippen LogP contribution is 2.35. The predicted molar refractivity (Wildman–Crippen MR) is 112 cm³/mol. The number of likely N-dealkylation sites (tertiary alicyclic amines) is 2. The Balaban J connectivity index is 1.31. The molecule has 1 aromatic heterocycles. The summed E-state index contributed by atoms with van der Waals surface area (Å²) in [6.45, 7) is 3.22. The molecule has 1 N–H and O–H groups in total. The molecule has 1 saturated carbocycles. The second kappa shape index (κ2) is 9.83. The molecule has 0 aromatic carbocycles. The summed E-state index contributed by atoms with van der Waals surface area (Å²) >= 11 is 0. The first-order valence-corrected chi connectivity index (χ1v) is 11.2. The molecule has 0 bridgehead atoms. The molecule has 8 nitrogen and oxygen atoms in total. The molecule has 164 valence electrons. The molecular formula is C22H33N5O3. The first-order valence-electron chi connectivity index (χ1n) is 11.2. The molecule has 4 rings (SSSR count). The highest BCUT2D eigenvalue weighted by atomic mass is 16.5. The Morgan fingerprint density at radius 1 is 1.10 bits per heavy atom. The van der Waals surface area contributed by atoms with E-state index in [0.29, 0.717) is 18.7 Å². The first-order chi connectivity index (χ1) is 14.6. The van der Waals surface area contributed by atoms with Crippen molar-refractivity contribution in [2.45, 2.75) is 63.1 Å². The number of nitrogens with one attached hydrogen (secondary N) is 1. The van der Waals surface area contributed by atoms with Crippen LogP contribution in [0, 0.1) is 5.92 Å². The Morgan fingerprint density at radius 2 is 1.87 bits per heavy atom. The van der Waals surface area contributed by atoms with Crippen molar-refractivity contribution in [1.29, 1.82) is 0 Å². The van der Waals surface area contributed by atoms with E-state index in [0.717, 1.165) is 51.2 Å². The lowest BCUT2D eigenvalue weighted by Crippen LogP contribution is -2.47. The second-order valence-electron chi connectivity index (χ2n) is 8.85. The summed E-state index contributed by atoms with van der Waals surface area (Å²) in [6.07, 6.45) is 11.9. The van der Waals surface area contributed by atoms with E-state index in [1.165, 1.54) is 25.2 Å². The fourth-order valence-corrected chi connectivity index (χ4v) is 4.74. The van der Waals surface area contributed by atoms with Crippen LogP contribution in [0.3, 0.4) is 0 Å². The summed E-state index contributed by atoms with van der Waals surface area (Å²) in [5.74, 6) is 0.825. The Bertz CT molecular complexity index is 719. The molecule has 2 aliphatic heterocycles. The average Bonchev–Trinajstić information content (AvgIpc) is 3.54. The Kier molecular flexibility index (Phi) is 6.94. The van der Waals surface area contributed by atoms with Crippen molar-refractivity contribution in [2.75, 3.05) is 33.3 Å². The molecule has 0 spiro atoms. The summed E-state index contributed by atoms with van der Waals surface area (Å²) in [4.78, 5) is 37.8. The van der Waals surface area contributed by atoms with Gasteiger partial charge in [-0.2, -0.15) is 0 Å². The minimum Gasteiger partial charge on any atom is -0.381 e. The fourth-order valence-electron chi connectivity index (χ4n) is 4.74. The smallest absolute Gasteiger partial charge is 0.271 e. The van der Waals surface area contributed by atoms with Crippen LogP contribution in [0.25, 0.3) is 0 Å². The molecule has 2 saturated heterocycles. The molecular weight excluding hydrogens is 382 g/mol. The molecule has 8 heteroatoms. The van der Waals surface area contributed by atoms with Crippen molar-refractivity contribution in [1.82, 2.24) is 25.1 Å². The van der Waals surface area contributed by atoms with Gasteiger partial charge in [0.05, 0.1) is 12.3 Å². The molecule has 0 radical (unpaired) electrons. The van der Waals surface area contributed by atoms with E-state index in [1.54, 1.807) is 13.3 Å². The van der Waals surface area contributed by atoms with Gasteiger partial charge in [0.25, 0.3) is 5.91 Å². The molecule has 30 heavy (non-hydrogen) atoms. The Morgan fingerprint density at radius 3 is 2.53 bits per heavy atom. The van der Waals surface area contributed by atoms with Gasteiger partial charge in [0.15, 0.2) is 0 Å². The molecule has 3 aliphatic rings. The van der Waals surface area contributed by atoms with Gasteiger partial charge in [0.2, 0.25) is 5.91 Å². The SMILES string of the molecule is COC1CCN(C(=O)C[C@H]2CC[C@@H](CNC(=O)c3cnccn3)N2CC2CC2)CC1. The average molecular weight is 416 g/mol. The number of rotatable bonds is 8.